The summed E-state index contributed by atoms with van der Waals surface area (Å²) in [5.41, 5.74) is -0.502. The molecule has 2 rings (SSSR count). The summed E-state index contributed by atoms with van der Waals surface area (Å²) in [6.07, 6.45) is 0.307. The number of hydrogen-bond donors (Lipinski definition) is 1. The normalized spacial score (nSPS) is 12.1. The summed E-state index contributed by atoms with van der Waals surface area (Å²) in [6.45, 7) is 10.3. The Balaban J connectivity index is 2.25. The molecule has 0 bridgehead atoms. The summed E-state index contributed by atoms with van der Waals surface area (Å²) in [5.74, 6) is -0.468. The van der Waals surface area contributed by atoms with E-state index in [2.05, 4.69) is 4.98 Å². The Morgan fingerprint density at radius 1 is 1.07 bits per heavy atom. The lowest BCUT2D eigenvalue weighted by Gasteiger charge is -2.28. The van der Waals surface area contributed by atoms with Gasteiger partial charge in [-0.2, -0.15) is 0 Å². The number of aromatic amines is 1. The van der Waals surface area contributed by atoms with E-state index in [1.54, 1.807) is 53.8 Å². The summed E-state index contributed by atoms with van der Waals surface area (Å²) >= 11 is 5.95. The first kappa shape index (κ1) is 22.0. The van der Waals surface area contributed by atoms with Crippen molar-refractivity contribution in [3.63, 3.8) is 0 Å². The first-order valence-corrected chi connectivity index (χ1v) is 9.33. The van der Waals surface area contributed by atoms with Crippen molar-refractivity contribution in [2.24, 2.45) is 0 Å². The van der Waals surface area contributed by atoms with Crippen molar-refractivity contribution in [3.8, 4) is 0 Å². The summed E-state index contributed by atoms with van der Waals surface area (Å²) in [6, 6.07) is 2.86. The monoisotopic (exact) mass is 412 g/mol. The molecule has 154 valence electrons. The fourth-order valence-corrected chi connectivity index (χ4v) is 2.75. The van der Waals surface area contributed by atoms with Gasteiger partial charge in [-0.15, -0.1) is 0 Å². The van der Waals surface area contributed by atoms with Crippen LogP contribution < -0.4 is 0 Å². The van der Waals surface area contributed by atoms with Crippen LogP contribution in [0.5, 0.6) is 0 Å². The number of carbonyl (C=O) groups is 2. The SMILES string of the molecule is CC(C)(C)OC(=O)N(CCc1c[nH]c2c(F)cc(Cl)cc12)C(=O)OC(C)(C)C. The molecule has 28 heavy (non-hydrogen) atoms. The standard InChI is InChI=1S/C20H26ClFN2O4/c1-19(2,3)27-17(25)24(18(26)28-20(4,5)6)8-7-12-11-23-16-14(12)9-13(21)10-15(16)22/h9-11,23H,7-8H2,1-6H3. The number of halogens is 2. The van der Waals surface area contributed by atoms with Gasteiger partial charge in [0.1, 0.15) is 17.0 Å². The van der Waals surface area contributed by atoms with Gasteiger partial charge < -0.3 is 14.5 Å². The number of nitrogens with zero attached hydrogens (tertiary/aromatic N) is 1. The van der Waals surface area contributed by atoms with E-state index in [1.807, 2.05) is 0 Å². The number of imide groups is 1. The van der Waals surface area contributed by atoms with E-state index in [-0.39, 0.29) is 18.0 Å². The molecule has 1 aromatic heterocycles. The van der Waals surface area contributed by atoms with E-state index in [1.165, 1.54) is 6.07 Å². The highest BCUT2D eigenvalue weighted by Gasteiger charge is 2.31. The van der Waals surface area contributed by atoms with E-state index < -0.39 is 29.2 Å². The first-order valence-electron chi connectivity index (χ1n) is 8.95. The molecule has 0 saturated carbocycles. The molecule has 0 aliphatic heterocycles. The number of fused-ring (bicyclic) bond motifs is 1. The highest BCUT2D eigenvalue weighted by Crippen LogP contribution is 2.26. The number of benzene rings is 1. The summed E-state index contributed by atoms with van der Waals surface area (Å²) in [5, 5.41) is 0.861. The molecule has 0 saturated heterocycles. The molecule has 1 heterocycles. The minimum atomic E-state index is -0.800. The fraction of sp³-hybridized carbons (Fsp3) is 0.500. The second kappa shape index (κ2) is 7.99. The topological polar surface area (TPSA) is 71.6 Å². The smallest absolute Gasteiger partial charge is 0.419 e. The molecule has 0 aliphatic carbocycles. The van der Waals surface area contributed by atoms with Gasteiger partial charge in [0.25, 0.3) is 0 Å². The van der Waals surface area contributed by atoms with Crippen LogP contribution in [0, 0.1) is 5.82 Å². The van der Waals surface area contributed by atoms with Crippen molar-refractivity contribution >= 4 is 34.7 Å². The van der Waals surface area contributed by atoms with Crippen LogP contribution in [0.25, 0.3) is 10.9 Å². The zero-order chi connectivity index (χ0) is 21.3. The van der Waals surface area contributed by atoms with Gasteiger partial charge in [-0.1, -0.05) is 11.6 Å². The van der Waals surface area contributed by atoms with Gasteiger partial charge in [-0.25, -0.2) is 18.9 Å². The Hall–Kier alpha value is -2.28. The van der Waals surface area contributed by atoms with Gasteiger partial charge >= 0.3 is 12.2 Å². The Morgan fingerprint density at radius 2 is 1.61 bits per heavy atom. The van der Waals surface area contributed by atoms with Crippen molar-refractivity contribution in [2.45, 2.75) is 59.2 Å². The number of H-pyrrole nitrogens is 1. The van der Waals surface area contributed by atoms with E-state index in [4.69, 9.17) is 21.1 Å². The lowest BCUT2D eigenvalue weighted by atomic mass is 10.1. The van der Waals surface area contributed by atoms with Crippen molar-refractivity contribution in [2.75, 3.05) is 6.54 Å². The van der Waals surface area contributed by atoms with Crippen LogP contribution in [-0.4, -0.2) is 39.8 Å². The number of hydrogen-bond acceptors (Lipinski definition) is 4. The Labute approximate surface area is 168 Å². The second-order valence-corrected chi connectivity index (χ2v) is 8.92. The fourth-order valence-electron chi connectivity index (χ4n) is 2.54. The van der Waals surface area contributed by atoms with Crippen LogP contribution in [0.4, 0.5) is 14.0 Å². The Morgan fingerprint density at radius 3 is 2.11 bits per heavy atom. The molecule has 8 heteroatoms. The van der Waals surface area contributed by atoms with E-state index in [0.29, 0.717) is 16.5 Å². The molecular formula is C20H26ClFN2O4. The summed E-state index contributed by atoms with van der Waals surface area (Å²) in [4.78, 5) is 28.8. The molecule has 0 unspecified atom stereocenters. The predicted octanol–water partition coefficient (Wildman–Crippen LogP) is 5.68. The number of nitrogens with one attached hydrogen (secondary N) is 1. The molecule has 0 radical (unpaired) electrons. The molecule has 1 aromatic carbocycles. The number of carbonyl (C=O) groups excluding carboxylic acids is 2. The maximum absolute atomic E-state index is 14.0. The zero-order valence-electron chi connectivity index (χ0n) is 17.0. The molecule has 0 aliphatic rings. The highest BCUT2D eigenvalue weighted by molar-refractivity contribution is 6.31. The van der Waals surface area contributed by atoms with Crippen LogP contribution >= 0.6 is 11.6 Å². The van der Waals surface area contributed by atoms with Crippen molar-refractivity contribution in [1.29, 1.82) is 0 Å². The molecule has 0 fully saturated rings. The maximum atomic E-state index is 14.0. The maximum Gasteiger partial charge on any atom is 0.419 e. The zero-order valence-corrected chi connectivity index (χ0v) is 17.7. The predicted molar refractivity (Wildman–Crippen MR) is 106 cm³/mol. The van der Waals surface area contributed by atoms with Crippen LogP contribution in [-0.2, 0) is 15.9 Å². The van der Waals surface area contributed by atoms with E-state index >= 15 is 0 Å². The molecule has 6 nitrogen and oxygen atoms in total. The van der Waals surface area contributed by atoms with E-state index in [9.17, 15) is 14.0 Å². The highest BCUT2D eigenvalue weighted by atomic mass is 35.5. The van der Waals surface area contributed by atoms with Crippen molar-refractivity contribution < 1.29 is 23.5 Å². The summed E-state index contributed by atoms with van der Waals surface area (Å²) < 4.78 is 24.7. The van der Waals surface area contributed by atoms with Gasteiger partial charge in [0.05, 0.1) is 5.52 Å². The van der Waals surface area contributed by atoms with Crippen LogP contribution in [0.15, 0.2) is 18.3 Å². The number of amides is 2. The molecular weight excluding hydrogens is 387 g/mol. The third-order valence-electron chi connectivity index (χ3n) is 3.62. The molecule has 0 spiro atoms. The van der Waals surface area contributed by atoms with Gasteiger partial charge in [-0.05, 0) is 65.7 Å². The van der Waals surface area contributed by atoms with Crippen LogP contribution in [0.3, 0.4) is 0 Å². The Bertz CT molecular complexity index is 853. The van der Waals surface area contributed by atoms with E-state index in [0.717, 1.165) is 4.90 Å². The number of ether oxygens (including phenoxy) is 2. The Kier molecular flexibility index (Phi) is 6.28. The third-order valence-corrected chi connectivity index (χ3v) is 3.84. The molecule has 1 N–H and O–H groups in total. The van der Waals surface area contributed by atoms with Crippen LogP contribution in [0.1, 0.15) is 47.1 Å². The largest absolute Gasteiger partial charge is 0.443 e. The first-order chi connectivity index (χ1) is 12.8. The lowest BCUT2D eigenvalue weighted by Crippen LogP contribution is -2.44. The minimum Gasteiger partial charge on any atom is -0.443 e. The lowest BCUT2D eigenvalue weighted by molar-refractivity contribution is 0.00172. The molecule has 2 amide bonds. The van der Waals surface area contributed by atoms with Crippen LogP contribution in [0.2, 0.25) is 5.02 Å². The van der Waals surface area contributed by atoms with Gasteiger partial charge in [-0.3, -0.25) is 0 Å². The number of rotatable bonds is 3. The number of aromatic nitrogens is 1. The quantitative estimate of drug-likeness (QED) is 0.704. The molecule has 2 aromatic rings. The average molecular weight is 413 g/mol. The second-order valence-electron chi connectivity index (χ2n) is 8.49. The minimum absolute atomic E-state index is 0.00487. The average Bonchev–Trinajstić information content (AvgIpc) is 2.87. The van der Waals surface area contributed by atoms with Gasteiger partial charge in [0.15, 0.2) is 0 Å². The van der Waals surface area contributed by atoms with Crippen molar-refractivity contribution in [3.05, 3.63) is 34.7 Å². The molecule has 0 atom stereocenters. The van der Waals surface area contributed by atoms with Crippen molar-refractivity contribution in [1.82, 2.24) is 9.88 Å². The van der Waals surface area contributed by atoms with Gasteiger partial charge in [0, 0.05) is 23.2 Å². The van der Waals surface area contributed by atoms with Gasteiger partial charge in [0.2, 0.25) is 0 Å². The summed E-state index contributed by atoms with van der Waals surface area (Å²) in [7, 11) is 0. The third kappa shape index (κ3) is 5.86.